The fraction of sp³-hybridized carbons (Fsp3) is 0.222. The second kappa shape index (κ2) is 4.95. The molecule has 0 bridgehead atoms. The Morgan fingerprint density at radius 3 is 2.86 bits per heavy atom. The molecule has 0 amide bonds. The van der Waals surface area contributed by atoms with Gasteiger partial charge in [-0.25, -0.2) is 9.18 Å². The van der Waals surface area contributed by atoms with Crippen LogP contribution < -0.4 is 0 Å². The van der Waals surface area contributed by atoms with E-state index >= 15 is 0 Å². The summed E-state index contributed by atoms with van der Waals surface area (Å²) in [6, 6.07) is 4.61. The Hall–Kier alpha value is -1.10. The van der Waals surface area contributed by atoms with E-state index < -0.39 is 6.16 Å². The van der Waals surface area contributed by atoms with Gasteiger partial charge >= 0.3 is 6.16 Å². The molecule has 14 heavy (non-hydrogen) atoms. The van der Waals surface area contributed by atoms with Crippen LogP contribution in [0.2, 0.25) is 0 Å². The third-order valence-electron chi connectivity index (χ3n) is 1.61. The van der Waals surface area contributed by atoms with Gasteiger partial charge in [0, 0.05) is 10.9 Å². The molecule has 76 valence electrons. The molecule has 1 N–H and O–H groups in total. The standard InChI is InChI=1S/C9H8BrFO3/c10-7-2-1-6(8(11)5-7)3-4-14-9(12)13/h1-2,5H,3-4H2,(H,12,13). The summed E-state index contributed by atoms with van der Waals surface area (Å²) in [7, 11) is 0. The lowest BCUT2D eigenvalue weighted by Gasteiger charge is -2.03. The number of carbonyl (C=O) groups is 1. The van der Waals surface area contributed by atoms with Crippen molar-refractivity contribution in [3.8, 4) is 0 Å². The third kappa shape index (κ3) is 3.33. The number of halogens is 2. The predicted molar refractivity (Wildman–Crippen MR) is 51.8 cm³/mol. The molecule has 0 saturated carbocycles. The summed E-state index contributed by atoms with van der Waals surface area (Å²) in [4.78, 5) is 10.0. The first-order valence-electron chi connectivity index (χ1n) is 3.89. The van der Waals surface area contributed by atoms with Gasteiger partial charge in [-0.15, -0.1) is 0 Å². The molecule has 0 unspecified atom stereocenters. The molecule has 1 aromatic carbocycles. The number of benzene rings is 1. The van der Waals surface area contributed by atoms with Crippen LogP contribution in [0, 0.1) is 5.82 Å². The highest BCUT2D eigenvalue weighted by Gasteiger charge is 2.03. The highest BCUT2D eigenvalue weighted by atomic mass is 79.9. The van der Waals surface area contributed by atoms with Crippen LogP contribution >= 0.6 is 15.9 Å². The zero-order valence-electron chi connectivity index (χ0n) is 7.17. The fourth-order valence-electron chi connectivity index (χ4n) is 0.973. The molecular weight excluding hydrogens is 255 g/mol. The lowest BCUT2D eigenvalue weighted by atomic mass is 10.1. The molecule has 0 spiro atoms. The van der Waals surface area contributed by atoms with Crippen molar-refractivity contribution in [3.05, 3.63) is 34.1 Å². The summed E-state index contributed by atoms with van der Waals surface area (Å²) >= 11 is 3.12. The third-order valence-corrected chi connectivity index (χ3v) is 2.11. The minimum absolute atomic E-state index is 0.0338. The van der Waals surface area contributed by atoms with Crippen LogP contribution in [0.5, 0.6) is 0 Å². The van der Waals surface area contributed by atoms with Crippen LogP contribution in [0.4, 0.5) is 9.18 Å². The maximum atomic E-state index is 13.1. The van der Waals surface area contributed by atoms with Gasteiger partial charge in [-0.2, -0.15) is 0 Å². The predicted octanol–water partition coefficient (Wildman–Crippen LogP) is 2.83. The highest BCUT2D eigenvalue weighted by molar-refractivity contribution is 9.10. The number of ether oxygens (including phenoxy) is 1. The molecular formula is C9H8BrFO3. The van der Waals surface area contributed by atoms with Crippen LogP contribution in [0.25, 0.3) is 0 Å². The topological polar surface area (TPSA) is 46.5 Å². The lowest BCUT2D eigenvalue weighted by Crippen LogP contribution is -2.05. The Labute approximate surface area is 88.6 Å². The minimum Gasteiger partial charge on any atom is -0.450 e. The van der Waals surface area contributed by atoms with Gasteiger partial charge < -0.3 is 9.84 Å². The molecule has 1 rings (SSSR count). The van der Waals surface area contributed by atoms with Gasteiger partial charge in [0.25, 0.3) is 0 Å². The van der Waals surface area contributed by atoms with Crippen molar-refractivity contribution in [2.45, 2.75) is 6.42 Å². The Kier molecular flexibility index (Phi) is 3.88. The summed E-state index contributed by atoms with van der Waals surface area (Å²) in [5.41, 5.74) is 0.439. The lowest BCUT2D eigenvalue weighted by molar-refractivity contribution is 0.0925. The summed E-state index contributed by atoms with van der Waals surface area (Å²) in [5.74, 6) is -0.367. The highest BCUT2D eigenvalue weighted by Crippen LogP contribution is 2.15. The first-order chi connectivity index (χ1) is 6.59. The Balaban J connectivity index is 2.55. The molecule has 0 aromatic heterocycles. The van der Waals surface area contributed by atoms with Crippen molar-refractivity contribution in [1.82, 2.24) is 0 Å². The second-order valence-electron chi connectivity index (χ2n) is 2.60. The van der Waals surface area contributed by atoms with Crippen LogP contribution in [-0.4, -0.2) is 17.9 Å². The van der Waals surface area contributed by atoms with Crippen molar-refractivity contribution in [3.63, 3.8) is 0 Å². The Morgan fingerprint density at radius 1 is 1.57 bits per heavy atom. The van der Waals surface area contributed by atoms with Crippen LogP contribution in [0.1, 0.15) is 5.56 Å². The molecule has 0 radical (unpaired) electrons. The monoisotopic (exact) mass is 262 g/mol. The van der Waals surface area contributed by atoms with Crippen molar-refractivity contribution >= 4 is 22.1 Å². The van der Waals surface area contributed by atoms with Crippen LogP contribution in [0.15, 0.2) is 22.7 Å². The van der Waals surface area contributed by atoms with E-state index in [1.54, 1.807) is 12.1 Å². The molecule has 0 aliphatic rings. The fourth-order valence-corrected chi connectivity index (χ4v) is 1.31. The van der Waals surface area contributed by atoms with E-state index in [2.05, 4.69) is 20.7 Å². The van der Waals surface area contributed by atoms with Crippen molar-refractivity contribution < 1.29 is 19.0 Å². The largest absolute Gasteiger partial charge is 0.505 e. The molecule has 0 saturated heterocycles. The summed E-state index contributed by atoms with van der Waals surface area (Å²) in [6.07, 6.45) is -1.10. The number of rotatable bonds is 3. The Morgan fingerprint density at radius 2 is 2.29 bits per heavy atom. The van der Waals surface area contributed by atoms with Gasteiger partial charge in [-0.1, -0.05) is 22.0 Å². The zero-order valence-corrected chi connectivity index (χ0v) is 8.75. The normalized spacial score (nSPS) is 9.86. The molecule has 3 nitrogen and oxygen atoms in total. The quantitative estimate of drug-likeness (QED) is 0.853. The molecule has 0 atom stereocenters. The SMILES string of the molecule is O=C(O)OCCc1ccc(Br)cc1F. The maximum Gasteiger partial charge on any atom is 0.505 e. The molecule has 1 aromatic rings. The van der Waals surface area contributed by atoms with E-state index in [1.165, 1.54) is 6.07 Å². The van der Waals surface area contributed by atoms with E-state index in [0.29, 0.717) is 10.0 Å². The van der Waals surface area contributed by atoms with Crippen LogP contribution in [0.3, 0.4) is 0 Å². The first kappa shape index (κ1) is 11.0. The minimum atomic E-state index is -1.34. The van der Waals surface area contributed by atoms with Gasteiger partial charge in [0.15, 0.2) is 0 Å². The Bertz CT molecular complexity index is 341. The molecule has 0 aliphatic heterocycles. The molecule has 0 aliphatic carbocycles. The number of hydrogen-bond acceptors (Lipinski definition) is 2. The van der Waals surface area contributed by atoms with Gasteiger partial charge in [-0.3, -0.25) is 0 Å². The van der Waals surface area contributed by atoms with E-state index in [0.717, 1.165) is 0 Å². The van der Waals surface area contributed by atoms with E-state index in [-0.39, 0.29) is 18.8 Å². The molecule has 0 fully saturated rings. The van der Waals surface area contributed by atoms with E-state index in [4.69, 9.17) is 5.11 Å². The average molecular weight is 263 g/mol. The van der Waals surface area contributed by atoms with Gasteiger partial charge in [0.1, 0.15) is 5.82 Å². The smallest absolute Gasteiger partial charge is 0.450 e. The molecule has 0 heterocycles. The van der Waals surface area contributed by atoms with E-state index in [1.807, 2.05) is 0 Å². The number of hydrogen-bond donors (Lipinski definition) is 1. The maximum absolute atomic E-state index is 13.1. The van der Waals surface area contributed by atoms with Gasteiger partial charge in [0.2, 0.25) is 0 Å². The summed E-state index contributed by atoms with van der Waals surface area (Å²) in [5, 5.41) is 8.18. The second-order valence-corrected chi connectivity index (χ2v) is 3.52. The first-order valence-corrected chi connectivity index (χ1v) is 4.68. The molecule has 5 heteroatoms. The summed E-state index contributed by atoms with van der Waals surface area (Å²) < 4.78 is 18.1. The summed E-state index contributed by atoms with van der Waals surface area (Å²) in [6.45, 7) is -0.0338. The van der Waals surface area contributed by atoms with E-state index in [9.17, 15) is 9.18 Å². The number of carboxylic acid groups (broad SMARTS) is 1. The van der Waals surface area contributed by atoms with Crippen molar-refractivity contribution in [2.24, 2.45) is 0 Å². The van der Waals surface area contributed by atoms with Crippen molar-refractivity contribution in [2.75, 3.05) is 6.61 Å². The van der Waals surface area contributed by atoms with Gasteiger partial charge in [-0.05, 0) is 17.7 Å². The van der Waals surface area contributed by atoms with Crippen LogP contribution in [-0.2, 0) is 11.2 Å². The van der Waals surface area contributed by atoms with Crippen molar-refractivity contribution in [1.29, 1.82) is 0 Å². The average Bonchev–Trinajstić information content (AvgIpc) is 2.08. The van der Waals surface area contributed by atoms with Gasteiger partial charge in [0.05, 0.1) is 6.61 Å². The zero-order chi connectivity index (χ0) is 10.6.